The standard InChI is InChI=1S/C16H20N2O6/c1-17-7-8-18(9-17)14(16(22)24-3)13(15(21)23-2)12-10(19)5-4-6-11(12)20/h7-9,13-14H,4-6H2,1-3H3/p+1. The lowest BCUT2D eigenvalue weighted by Gasteiger charge is -2.25. The molecule has 1 aliphatic rings. The van der Waals surface area contributed by atoms with Crippen LogP contribution in [-0.4, -0.2) is 41.6 Å². The third kappa shape index (κ3) is 3.32. The molecule has 1 aromatic rings. The third-order valence-electron chi connectivity index (χ3n) is 4.06. The van der Waals surface area contributed by atoms with E-state index >= 15 is 0 Å². The molecule has 130 valence electrons. The second kappa shape index (κ2) is 7.29. The maximum Gasteiger partial charge on any atom is 0.352 e. The number of ether oxygens (including phenoxy) is 2. The molecule has 1 aliphatic carbocycles. The Labute approximate surface area is 139 Å². The van der Waals surface area contributed by atoms with Crippen LogP contribution in [-0.2, 0) is 30.9 Å². The van der Waals surface area contributed by atoms with Crippen molar-refractivity contribution in [1.82, 2.24) is 4.57 Å². The minimum absolute atomic E-state index is 0.0696. The molecule has 0 saturated carbocycles. The zero-order chi connectivity index (χ0) is 17.9. The summed E-state index contributed by atoms with van der Waals surface area (Å²) in [5.41, 5.74) is -0.0696. The van der Waals surface area contributed by atoms with Gasteiger partial charge in [-0.25, -0.2) is 13.9 Å². The predicted molar refractivity (Wildman–Crippen MR) is 80.7 cm³/mol. The molecule has 0 aliphatic heterocycles. The second-order valence-corrected chi connectivity index (χ2v) is 5.63. The van der Waals surface area contributed by atoms with Gasteiger partial charge in [0.1, 0.15) is 24.1 Å². The number of Topliss-reactive ketones (excluding diaryl/α,β-unsaturated/α-hetero) is 1. The van der Waals surface area contributed by atoms with Gasteiger partial charge in [0.15, 0.2) is 5.78 Å². The first-order valence-electron chi connectivity index (χ1n) is 7.54. The number of hydrogen-bond donors (Lipinski definition) is 1. The molecule has 1 heterocycles. The highest BCUT2D eigenvalue weighted by Gasteiger charge is 2.46. The Hall–Kier alpha value is -2.64. The maximum atomic E-state index is 12.4. The van der Waals surface area contributed by atoms with Crippen molar-refractivity contribution >= 4 is 17.7 Å². The number of aromatic nitrogens is 2. The molecule has 2 atom stereocenters. The van der Waals surface area contributed by atoms with Crippen LogP contribution in [0.25, 0.3) is 0 Å². The van der Waals surface area contributed by atoms with Gasteiger partial charge in [0.2, 0.25) is 12.4 Å². The number of hydrogen-bond acceptors (Lipinski definition) is 6. The fourth-order valence-corrected chi connectivity index (χ4v) is 2.92. The van der Waals surface area contributed by atoms with Crippen LogP contribution in [0.3, 0.4) is 0 Å². The van der Waals surface area contributed by atoms with Gasteiger partial charge in [0, 0.05) is 12.8 Å². The first kappa shape index (κ1) is 17.7. The quantitative estimate of drug-likeness (QED) is 0.616. The molecule has 0 radical (unpaired) electrons. The highest BCUT2D eigenvalue weighted by Crippen LogP contribution is 2.34. The number of rotatable bonds is 5. The maximum absolute atomic E-state index is 12.4. The summed E-state index contributed by atoms with van der Waals surface area (Å²) < 4.78 is 12.8. The predicted octanol–water partition coefficient (Wildman–Crippen LogP) is 0.381. The minimum atomic E-state index is -1.28. The van der Waals surface area contributed by atoms with Crippen LogP contribution in [0.15, 0.2) is 30.1 Å². The molecule has 0 bridgehead atoms. The highest BCUT2D eigenvalue weighted by molar-refractivity contribution is 6.03. The summed E-state index contributed by atoms with van der Waals surface area (Å²) in [5.74, 6) is -3.30. The van der Waals surface area contributed by atoms with Gasteiger partial charge >= 0.3 is 11.9 Å². The SMILES string of the molecule is COC(=O)C(C1=C(O)CCCC1=O)C(C(=O)OC)n1cc[n+](C)c1. The number of esters is 2. The Morgan fingerprint density at radius 1 is 1.25 bits per heavy atom. The van der Waals surface area contributed by atoms with Gasteiger partial charge < -0.3 is 14.6 Å². The van der Waals surface area contributed by atoms with Gasteiger partial charge in [-0.15, -0.1) is 0 Å². The van der Waals surface area contributed by atoms with Crippen molar-refractivity contribution in [2.24, 2.45) is 13.0 Å². The van der Waals surface area contributed by atoms with E-state index in [-0.39, 0.29) is 30.0 Å². The van der Waals surface area contributed by atoms with Crippen molar-refractivity contribution in [1.29, 1.82) is 0 Å². The molecule has 0 aromatic carbocycles. The van der Waals surface area contributed by atoms with Crippen LogP contribution in [0, 0.1) is 5.92 Å². The zero-order valence-corrected chi connectivity index (χ0v) is 13.9. The average molecular weight is 337 g/mol. The minimum Gasteiger partial charge on any atom is -0.512 e. The molecule has 1 N–H and O–H groups in total. The zero-order valence-electron chi connectivity index (χ0n) is 13.9. The van der Waals surface area contributed by atoms with Gasteiger partial charge in [0.05, 0.1) is 26.8 Å². The van der Waals surface area contributed by atoms with Gasteiger partial charge in [-0.05, 0) is 6.42 Å². The molecule has 0 spiro atoms. The number of aliphatic hydroxyl groups excluding tert-OH is 1. The lowest BCUT2D eigenvalue weighted by molar-refractivity contribution is -0.671. The van der Waals surface area contributed by atoms with Gasteiger partial charge in [-0.3, -0.25) is 9.59 Å². The Balaban J connectivity index is 2.60. The third-order valence-corrected chi connectivity index (χ3v) is 4.06. The van der Waals surface area contributed by atoms with Crippen LogP contribution in [0.5, 0.6) is 0 Å². The largest absolute Gasteiger partial charge is 0.512 e. The van der Waals surface area contributed by atoms with Crippen LogP contribution >= 0.6 is 0 Å². The van der Waals surface area contributed by atoms with Gasteiger partial charge in [-0.1, -0.05) is 0 Å². The summed E-state index contributed by atoms with van der Waals surface area (Å²) in [4.78, 5) is 37.1. The molecular weight excluding hydrogens is 316 g/mol. The molecule has 2 unspecified atom stereocenters. The van der Waals surface area contributed by atoms with Crippen molar-refractivity contribution in [2.75, 3.05) is 14.2 Å². The Kier molecular flexibility index (Phi) is 5.38. The number of methoxy groups -OCH3 is 2. The normalized spacial score (nSPS) is 17.4. The van der Waals surface area contributed by atoms with Crippen LogP contribution in [0.2, 0.25) is 0 Å². The summed E-state index contributed by atoms with van der Waals surface area (Å²) in [7, 11) is 4.12. The average Bonchev–Trinajstić information content (AvgIpc) is 2.98. The number of allylic oxidation sites excluding steroid dienone is 1. The van der Waals surface area contributed by atoms with Crippen molar-refractivity contribution in [3.05, 3.63) is 30.1 Å². The van der Waals surface area contributed by atoms with Gasteiger partial charge in [-0.2, -0.15) is 0 Å². The van der Waals surface area contributed by atoms with Crippen molar-refractivity contribution in [2.45, 2.75) is 25.3 Å². The lowest BCUT2D eigenvalue weighted by Crippen LogP contribution is -2.38. The van der Waals surface area contributed by atoms with Crippen LogP contribution in [0.4, 0.5) is 0 Å². The fraction of sp³-hybridized carbons (Fsp3) is 0.500. The number of aryl methyl sites for hydroxylation is 1. The molecular formula is C16H21N2O6+. The van der Waals surface area contributed by atoms with E-state index in [1.54, 1.807) is 30.3 Å². The topological polar surface area (TPSA) is 98.7 Å². The van der Waals surface area contributed by atoms with E-state index in [1.807, 2.05) is 0 Å². The Morgan fingerprint density at radius 3 is 2.42 bits per heavy atom. The van der Waals surface area contributed by atoms with E-state index in [0.717, 1.165) is 0 Å². The molecule has 0 fully saturated rings. The molecule has 8 heteroatoms. The van der Waals surface area contributed by atoms with E-state index in [4.69, 9.17) is 9.47 Å². The molecule has 0 amide bonds. The second-order valence-electron chi connectivity index (χ2n) is 5.63. The smallest absolute Gasteiger partial charge is 0.352 e. The molecule has 1 aromatic heterocycles. The number of imidazole rings is 1. The van der Waals surface area contributed by atoms with E-state index in [2.05, 4.69) is 0 Å². The number of nitrogens with zero attached hydrogens (tertiary/aromatic N) is 2. The van der Waals surface area contributed by atoms with Gasteiger partial charge in [0.25, 0.3) is 0 Å². The van der Waals surface area contributed by atoms with Crippen molar-refractivity contribution < 1.29 is 33.5 Å². The summed E-state index contributed by atoms with van der Waals surface area (Å²) >= 11 is 0. The Morgan fingerprint density at radius 2 is 1.92 bits per heavy atom. The van der Waals surface area contributed by atoms with Crippen LogP contribution < -0.4 is 4.57 Å². The monoisotopic (exact) mass is 337 g/mol. The Bertz CT molecular complexity index is 690. The first-order chi connectivity index (χ1) is 11.4. The lowest BCUT2D eigenvalue weighted by atomic mass is 9.82. The first-order valence-corrected chi connectivity index (χ1v) is 7.54. The van der Waals surface area contributed by atoms with Crippen molar-refractivity contribution in [3.8, 4) is 0 Å². The summed E-state index contributed by atoms with van der Waals surface area (Å²) in [6.45, 7) is 0. The summed E-state index contributed by atoms with van der Waals surface area (Å²) in [6, 6.07) is -1.15. The van der Waals surface area contributed by atoms with E-state index in [1.165, 1.54) is 18.8 Å². The highest BCUT2D eigenvalue weighted by atomic mass is 16.5. The van der Waals surface area contributed by atoms with Crippen LogP contribution in [0.1, 0.15) is 25.3 Å². The molecule has 0 saturated heterocycles. The molecule has 2 rings (SSSR count). The molecule has 8 nitrogen and oxygen atoms in total. The van der Waals surface area contributed by atoms with E-state index in [0.29, 0.717) is 6.42 Å². The van der Waals surface area contributed by atoms with E-state index < -0.39 is 23.9 Å². The number of aliphatic hydroxyl groups is 1. The fourth-order valence-electron chi connectivity index (χ4n) is 2.92. The molecule has 24 heavy (non-hydrogen) atoms. The van der Waals surface area contributed by atoms with Crippen molar-refractivity contribution in [3.63, 3.8) is 0 Å². The van der Waals surface area contributed by atoms with E-state index in [9.17, 15) is 19.5 Å². The summed E-state index contributed by atoms with van der Waals surface area (Å²) in [5, 5.41) is 10.2. The number of ketones is 1. The summed E-state index contributed by atoms with van der Waals surface area (Å²) in [6.07, 6.45) is 5.84. The number of carbonyl (C=O) groups excluding carboxylic acids is 3. The number of carbonyl (C=O) groups is 3.